The van der Waals surface area contributed by atoms with Crippen molar-refractivity contribution in [2.24, 2.45) is 0 Å². The molecule has 1 aromatic heterocycles. The van der Waals surface area contributed by atoms with Crippen LogP contribution in [0.4, 0.5) is 0 Å². The van der Waals surface area contributed by atoms with Gasteiger partial charge in [-0.3, -0.25) is 4.90 Å². The van der Waals surface area contributed by atoms with Crippen LogP contribution >= 0.6 is 11.3 Å². The molecule has 118 valence electrons. The largest absolute Gasteiger partial charge is 0.395 e. The van der Waals surface area contributed by atoms with Gasteiger partial charge in [0.25, 0.3) is 0 Å². The van der Waals surface area contributed by atoms with Gasteiger partial charge in [-0.05, 0) is 25.3 Å². The zero-order chi connectivity index (χ0) is 15.4. The number of hydrogen-bond acceptors (Lipinski definition) is 4. The Morgan fingerprint density at radius 2 is 2.09 bits per heavy atom. The van der Waals surface area contributed by atoms with Crippen molar-refractivity contribution in [2.75, 3.05) is 6.61 Å². The Morgan fingerprint density at radius 3 is 2.86 bits per heavy atom. The highest BCUT2D eigenvalue weighted by atomic mass is 32.1. The summed E-state index contributed by atoms with van der Waals surface area (Å²) in [7, 11) is 0. The average Bonchev–Trinajstić information content (AvgIpc) is 2.97. The SMILES string of the molecule is CC1CCCC(CO)N1Cc1csc(Cc2ccccc2)n1. The van der Waals surface area contributed by atoms with Gasteiger partial charge in [-0.25, -0.2) is 4.98 Å². The van der Waals surface area contributed by atoms with Crippen LogP contribution in [0.25, 0.3) is 0 Å². The van der Waals surface area contributed by atoms with Crippen molar-refractivity contribution in [3.63, 3.8) is 0 Å². The molecule has 3 rings (SSSR count). The molecule has 1 aliphatic heterocycles. The quantitative estimate of drug-likeness (QED) is 0.917. The molecule has 0 amide bonds. The van der Waals surface area contributed by atoms with Crippen molar-refractivity contribution in [3.8, 4) is 0 Å². The van der Waals surface area contributed by atoms with Gasteiger partial charge < -0.3 is 5.11 Å². The van der Waals surface area contributed by atoms with Crippen LogP contribution in [-0.2, 0) is 13.0 Å². The molecular formula is C18H24N2OS. The fourth-order valence-corrected chi connectivity index (χ4v) is 4.10. The van der Waals surface area contributed by atoms with E-state index in [1.54, 1.807) is 11.3 Å². The average molecular weight is 316 g/mol. The minimum atomic E-state index is 0.255. The van der Waals surface area contributed by atoms with Gasteiger partial charge in [-0.15, -0.1) is 11.3 Å². The number of likely N-dealkylation sites (tertiary alicyclic amines) is 1. The Bertz CT molecular complexity index is 584. The lowest BCUT2D eigenvalue weighted by atomic mass is 9.97. The second kappa shape index (κ2) is 7.36. The molecule has 2 aromatic rings. The van der Waals surface area contributed by atoms with E-state index in [1.165, 1.54) is 23.4 Å². The number of rotatable bonds is 5. The summed E-state index contributed by atoms with van der Waals surface area (Å²) >= 11 is 1.74. The number of aromatic nitrogens is 1. The Hall–Kier alpha value is -1.23. The number of aliphatic hydroxyl groups is 1. The molecule has 2 atom stereocenters. The summed E-state index contributed by atoms with van der Waals surface area (Å²) in [5.74, 6) is 0. The highest BCUT2D eigenvalue weighted by Gasteiger charge is 2.27. The van der Waals surface area contributed by atoms with Crippen LogP contribution in [0.2, 0.25) is 0 Å². The molecule has 1 aromatic carbocycles. The number of nitrogens with zero attached hydrogens (tertiary/aromatic N) is 2. The maximum Gasteiger partial charge on any atom is 0.0972 e. The first-order valence-electron chi connectivity index (χ1n) is 8.10. The van der Waals surface area contributed by atoms with Crippen molar-refractivity contribution < 1.29 is 5.11 Å². The smallest absolute Gasteiger partial charge is 0.0972 e. The molecule has 0 aliphatic carbocycles. The second-order valence-electron chi connectivity index (χ2n) is 6.18. The molecule has 22 heavy (non-hydrogen) atoms. The summed E-state index contributed by atoms with van der Waals surface area (Å²) in [6, 6.07) is 11.3. The number of hydrogen-bond donors (Lipinski definition) is 1. The van der Waals surface area contributed by atoms with Gasteiger partial charge in [0.05, 0.1) is 17.3 Å². The zero-order valence-electron chi connectivity index (χ0n) is 13.1. The van der Waals surface area contributed by atoms with Crippen LogP contribution in [0.5, 0.6) is 0 Å². The van der Waals surface area contributed by atoms with Gasteiger partial charge in [0.2, 0.25) is 0 Å². The van der Waals surface area contributed by atoms with E-state index >= 15 is 0 Å². The third kappa shape index (κ3) is 3.75. The van der Waals surface area contributed by atoms with E-state index < -0.39 is 0 Å². The predicted molar refractivity (Wildman–Crippen MR) is 91.1 cm³/mol. The molecule has 4 heteroatoms. The van der Waals surface area contributed by atoms with Crippen molar-refractivity contribution in [1.29, 1.82) is 0 Å². The maximum absolute atomic E-state index is 9.60. The molecule has 1 N–H and O–H groups in total. The fourth-order valence-electron chi connectivity index (χ4n) is 3.28. The van der Waals surface area contributed by atoms with E-state index in [4.69, 9.17) is 4.98 Å². The summed E-state index contributed by atoms with van der Waals surface area (Å²) < 4.78 is 0. The molecule has 1 fully saturated rings. The standard InChI is InChI=1S/C18H24N2OS/c1-14-6-5-9-17(12-21)20(14)11-16-13-22-18(19-16)10-15-7-3-2-4-8-15/h2-4,7-8,13-14,17,21H,5-6,9-12H2,1H3. The maximum atomic E-state index is 9.60. The molecule has 1 aliphatic rings. The molecule has 0 radical (unpaired) electrons. The number of thiazole rings is 1. The fraction of sp³-hybridized carbons (Fsp3) is 0.500. The van der Waals surface area contributed by atoms with Crippen LogP contribution in [0.3, 0.4) is 0 Å². The van der Waals surface area contributed by atoms with Gasteiger partial charge in [-0.2, -0.15) is 0 Å². The minimum absolute atomic E-state index is 0.255. The number of piperidine rings is 1. The van der Waals surface area contributed by atoms with Crippen molar-refractivity contribution in [1.82, 2.24) is 9.88 Å². The van der Waals surface area contributed by atoms with Gasteiger partial charge in [0.1, 0.15) is 0 Å². The highest BCUT2D eigenvalue weighted by molar-refractivity contribution is 7.09. The molecule has 2 heterocycles. The molecular weight excluding hydrogens is 292 g/mol. The topological polar surface area (TPSA) is 36.4 Å². The molecule has 1 saturated heterocycles. The van der Waals surface area contributed by atoms with Gasteiger partial charge >= 0.3 is 0 Å². The number of benzene rings is 1. The Labute approximate surface area is 136 Å². The van der Waals surface area contributed by atoms with Crippen molar-refractivity contribution in [2.45, 2.75) is 51.2 Å². The molecule has 0 saturated carbocycles. The first-order valence-corrected chi connectivity index (χ1v) is 8.98. The summed E-state index contributed by atoms with van der Waals surface area (Å²) in [5, 5.41) is 12.9. The molecule has 3 nitrogen and oxygen atoms in total. The van der Waals surface area contributed by atoms with E-state index in [1.807, 2.05) is 6.07 Å². The predicted octanol–water partition coefficient (Wildman–Crippen LogP) is 3.47. The van der Waals surface area contributed by atoms with E-state index in [0.717, 1.165) is 25.1 Å². The Morgan fingerprint density at radius 1 is 1.27 bits per heavy atom. The van der Waals surface area contributed by atoms with E-state index in [-0.39, 0.29) is 6.61 Å². The lowest BCUT2D eigenvalue weighted by molar-refractivity contribution is 0.0443. The number of aliphatic hydroxyl groups excluding tert-OH is 1. The van der Waals surface area contributed by atoms with E-state index in [0.29, 0.717) is 12.1 Å². The normalized spacial score (nSPS) is 22.8. The Kier molecular flexibility index (Phi) is 5.24. The van der Waals surface area contributed by atoms with Gasteiger partial charge in [0.15, 0.2) is 0 Å². The third-order valence-electron chi connectivity index (χ3n) is 4.55. The first kappa shape index (κ1) is 15.7. The summed E-state index contributed by atoms with van der Waals surface area (Å²) in [4.78, 5) is 7.22. The first-order chi connectivity index (χ1) is 10.8. The van der Waals surface area contributed by atoms with Crippen LogP contribution in [0, 0.1) is 0 Å². The van der Waals surface area contributed by atoms with Crippen LogP contribution in [0.1, 0.15) is 42.5 Å². The second-order valence-corrected chi connectivity index (χ2v) is 7.13. The van der Waals surface area contributed by atoms with Crippen LogP contribution in [0.15, 0.2) is 35.7 Å². The lowest BCUT2D eigenvalue weighted by Crippen LogP contribution is -2.46. The molecule has 0 bridgehead atoms. The Balaban J connectivity index is 1.66. The van der Waals surface area contributed by atoms with Crippen molar-refractivity contribution in [3.05, 3.63) is 52.0 Å². The van der Waals surface area contributed by atoms with Crippen LogP contribution < -0.4 is 0 Å². The van der Waals surface area contributed by atoms with Crippen molar-refractivity contribution >= 4 is 11.3 Å². The van der Waals surface area contributed by atoms with Gasteiger partial charge in [0, 0.05) is 30.4 Å². The van der Waals surface area contributed by atoms with Crippen LogP contribution in [-0.4, -0.2) is 33.7 Å². The monoisotopic (exact) mass is 316 g/mol. The summed E-state index contributed by atoms with van der Waals surface area (Å²) in [6.07, 6.45) is 4.45. The van der Waals surface area contributed by atoms with Gasteiger partial charge in [-0.1, -0.05) is 36.8 Å². The lowest BCUT2D eigenvalue weighted by Gasteiger charge is -2.39. The highest BCUT2D eigenvalue weighted by Crippen LogP contribution is 2.25. The van der Waals surface area contributed by atoms with E-state index in [9.17, 15) is 5.11 Å². The summed E-state index contributed by atoms with van der Waals surface area (Å²) in [5.41, 5.74) is 2.45. The molecule has 0 spiro atoms. The summed E-state index contributed by atoms with van der Waals surface area (Å²) in [6.45, 7) is 3.38. The molecule has 2 unspecified atom stereocenters. The third-order valence-corrected chi connectivity index (χ3v) is 5.44. The zero-order valence-corrected chi connectivity index (χ0v) is 13.9. The minimum Gasteiger partial charge on any atom is -0.395 e. The van der Waals surface area contributed by atoms with E-state index in [2.05, 4.69) is 41.5 Å².